The molecule has 0 aromatic carbocycles. The second-order valence-corrected chi connectivity index (χ2v) is 5.36. The molecule has 0 spiro atoms. The average molecular weight is 300 g/mol. The number of carboxylic acid groups (broad SMARTS) is 1. The van der Waals surface area contributed by atoms with E-state index in [1.165, 1.54) is 0 Å². The molecule has 0 bridgehead atoms. The summed E-state index contributed by atoms with van der Waals surface area (Å²) in [7, 11) is 0. The van der Waals surface area contributed by atoms with Crippen molar-refractivity contribution in [3.8, 4) is 0 Å². The van der Waals surface area contributed by atoms with E-state index in [4.69, 9.17) is 9.84 Å². The van der Waals surface area contributed by atoms with Gasteiger partial charge in [0.2, 0.25) is 0 Å². The van der Waals surface area contributed by atoms with Gasteiger partial charge in [0.05, 0.1) is 19.1 Å². The van der Waals surface area contributed by atoms with E-state index in [0.717, 1.165) is 32.7 Å². The number of rotatable bonds is 5. The smallest absolute Gasteiger partial charge is 0.317 e. The number of nitrogens with one attached hydrogen (secondary N) is 2. The Hall–Kier alpha value is -1.38. The minimum absolute atomic E-state index is 0.0649. The molecule has 2 fully saturated rings. The fraction of sp³-hybridized carbons (Fsp3) is 0.846. The van der Waals surface area contributed by atoms with Crippen LogP contribution in [0.25, 0.3) is 0 Å². The first kappa shape index (κ1) is 16.0. The zero-order chi connectivity index (χ0) is 15.1. The largest absolute Gasteiger partial charge is 0.481 e. The molecule has 21 heavy (non-hydrogen) atoms. The maximum absolute atomic E-state index is 12.1. The van der Waals surface area contributed by atoms with Crippen molar-refractivity contribution < 1.29 is 19.4 Å². The summed E-state index contributed by atoms with van der Waals surface area (Å²) in [5.74, 6) is -0.902. The SMILES string of the molecule is O=C(O)CC1CN(C(=O)NCCN2CCNCC2)CCO1. The molecule has 1 atom stereocenters. The van der Waals surface area contributed by atoms with Crippen molar-refractivity contribution in [3.05, 3.63) is 0 Å². The summed E-state index contributed by atoms with van der Waals surface area (Å²) in [6.07, 6.45) is -0.472. The molecule has 0 aromatic heterocycles. The molecule has 2 aliphatic heterocycles. The lowest BCUT2D eigenvalue weighted by Gasteiger charge is -2.33. The number of ether oxygens (including phenoxy) is 1. The summed E-state index contributed by atoms with van der Waals surface area (Å²) in [5.41, 5.74) is 0. The van der Waals surface area contributed by atoms with Crippen LogP contribution in [0, 0.1) is 0 Å². The fourth-order valence-electron chi connectivity index (χ4n) is 2.59. The highest BCUT2D eigenvalue weighted by atomic mass is 16.5. The normalized spacial score (nSPS) is 23.8. The first-order chi connectivity index (χ1) is 10.1. The Balaban J connectivity index is 1.66. The monoisotopic (exact) mass is 300 g/mol. The number of hydrogen-bond donors (Lipinski definition) is 3. The van der Waals surface area contributed by atoms with Crippen LogP contribution in [0.2, 0.25) is 0 Å². The highest BCUT2D eigenvalue weighted by Crippen LogP contribution is 2.08. The summed E-state index contributed by atoms with van der Waals surface area (Å²) in [6, 6.07) is -0.135. The van der Waals surface area contributed by atoms with Gasteiger partial charge < -0.3 is 25.4 Å². The van der Waals surface area contributed by atoms with Crippen molar-refractivity contribution >= 4 is 12.0 Å². The molecular formula is C13H24N4O4. The van der Waals surface area contributed by atoms with Crippen LogP contribution in [0.15, 0.2) is 0 Å². The van der Waals surface area contributed by atoms with Crippen molar-refractivity contribution in [2.75, 3.05) is 59.0 Å². The molecule has 2 amide bonds. The Labute approximate surface area is 124 Å². The molecule has 2 heterocycles. The number of amides is 2. The predicted octanol–water partition coefficient (Wildman–Crippen LogP) is -1.22. The summed E-state index contributed by atoms with van der Waals surface area (Å²) < 4.78 is 5.35. The number of carboxylic acids is 1. The molecule has 8 heteroatoms. The Bertz CT molecular complexity index is 360. The van der Waals surface area contributed by atoms with Crippen LogP contribution in [0.5, 0.6) is 0 Å². The minimum atomic E-state index is -0.902. The van der Waals surface area contributed by atoms with E-state index in [1.807, 2.05) is 0 Å². The van der Waals surface area contributed by atoms with Crippen LogP contribution in [-0.2, 0) is 9.53 Å². The van der Waals surface area contributed by atoms with E-state index < -0.39 is 12.1 Å². The number of carbonyl (C=O) groups excluding carboxylic acids is 1. The maximum Gasteiger partial charge on any atom is 0.317 e. The highest BCUT2D eigenvalue weighted by Gasteiger charge is 2.25. The van der Waals surface area contributed by atoms with Gasteiger partial charge in [-0.15, -0.1) is 0 Å². The van der Waals surface area contributed by atoms with Gasteiger partial charge in [0.1, 0.15) is 0 Å². The van der Waals surface area contributed by atoms with Gasteiger partial charge in [0.25, 0.3) is 0 Å². The van der Waals surface area contributed by atoms with Gasteiger partial charge in [0.15, 0.2) is 0 Å². The molecule has 0 aliphatic carbocycles. The van der Waals surface area contributed by atoms with Crippen molar-refractivity contribution in [1.82, 2.24) is 20.4 Å². The molecule has 120 valence electrons. The molecule has 1 unspecified atom stereocenters. The lowest BCUT2D eigenvalue weighted by molar-refractivity contribution is -0.141. The molecule has 0 radical (unpaired) electrons. The highest BCUT2D eigenvalue weighted by molar-refractivity contribution is 5.74. The number of urea groups is 1. The third-order valence-corrected chi connectivity index (χ3v) is 3.74. The Kier molecular flexibility index (Phi) is 6.21. The van der Waals surface area contributed by atoms with Gasteiger partial charge in [-0.3, -0.25) is 9.69 Å². The molecule has 3 N–H and O–H groups in total. The first-order valence-corrected chi connectivity index (χ1v) is 7.44. The number of hydrogen-bond acceptors (Lipinski definition) is 5. The average Bonchev–Trinajstić information content (AvgIpc) is 2.48. The molecule has 0 saturated carbocycles. The van der Waals surface area contributed by atoms with Gasteiger partial charge >= 0.3 is 12.0 Å². The molecular weight excluding hydrogens is 276 g/mol. The summed E-state index contributed by atoms with van der Waals surface area (Å²) >= 11 is 0. The van der Waals surface area contributed by atoms with Crippen molar-refractivity contribution in [1.29, 1.82) is 0 Å². The van der Waals surface area contributed by atoms with Crippen LogP contribution in [-0.4, -0.2) is 92.0 Å². The topological polar surface area (TPSA) is 94.1 Å². The quantitative estimate of drug-likeness (QED) is 0.589. The molecule has 2 rings (SSSR count). The molecule has 0 aromatic rings. The van der Waals surface area contributed by atoms with E-state index in [2.05, 4.69) is 15.5 Å². The fourth-order valence-corrected chi connectivity index (χ4v) is 2.59. The second kappa shape index (κ2) is 8.16. The van der Waals surface area contributed by atoms with Crippen LogP contribution >= 0.6 is 0 Å². The van der Waals surface area contributed by atoms with Crippen LogP contribution < -0.4 is 10.6 Å². The van der Waals surface area contributed by atoms with E-state index in [9.17, 15) is 9.59 Å². The summed E-state index contributed by atoms with van der Waals surface area (Å²) in [4.78, 5) is 26.7. The van der Waals surface area contributed by atoms with Gasteiger partial charge in [-0.05, 0) is 0 Å². The number of piperazine rings is 1. The van der Waals surface area contributed by atoms with E-state index >= 15 is 0 Å². The minimum Gasteiger partial charge on any atom is -0.481 e. The Morgan fingerprint density at radius 1 is 1.29 bits per heavy atom. The van der Waals surface area contributed by atoms with Crippen molar-refractivity contribution in [2.24, 2.45) is 0 Å². The third-order valence-electron chi connectivity index (χ3n) is 3.74. The van der Waals surface area contributed by atoms with E-state index in [0.29, 0.717) is 26.2 Å². The lowest BCUT2D eigenvalue weighted by Crippen LogP contribution is -2.52. The van der Waals surface area contributed by atoms with Gasteiger partial charge in [-0.2, -0.15) is 0 Å². The summed E-state index contributed by atoms with van der Waals surface area (Å²) in [5, 5.41) is 14.9. The predicted molar refractivity (Wildman–Crippen MR) is 76.3 cm³/mol. The number of aliphatic carboxylic acids is 1. The van der Waals surface area contributed by atoms with Crippen LogP contribution in [0.3, 0.4) is 0 Å². The molecule has 8 nitrogen and oxygen atoms in total. The van der Waals surface area contributed by atoms with Gasteiger partial charge in [0, 0.05) is 52.4 Å². The Morgan fingerprint density at radius 2 is 2.05 bits per heavy atom. The first-order valence-electron chi connectivity index (χ1n) is 7.44. The van der Waals surface area contributed by atoms with E-state index in [-0.39, 0.29) is 12.5 Å². The summed E-state index contributed by atoms with van der Waals surface area (Å²) in [6.45, 7) is 6.70. The lowest BCUT2D eigenvalue weighted by atomic mass is 10.2. The van der Waals surface area contributed by atoms with Crippen molar-refractivity contribution in [2.45, 2.75) is 12.5 Å². The number of carbonyl (C=O) groups is 2. The number of morpholine rings is 1. The Morgan fingerprint density at radius 3 is 2.76 bits per heavy atom. The standard InChI is InChI=1S/C13H24N4O4/c18-12(19)9-11-10-17(7-8-21-11)13(20)15-3-6-16-4-1-14-2-5-16/h11,14H,1-10H2,(H,15,20)(H,18,19). The van der Waals surface area contributed by atoms with Crippen molar-refractivity contribution in [3.63, 3.8) is 0 Å². The molecule has 2 aliphatic rings. The zero-order valence-corrected chi connectivity index (χ0v) is 12.2. The maximum atomic E-state index is 12.1. The zero-order valence-electron chi connectivity index (χ0n) is 12.2. The van der Waals surface area contributed by atoms with Crippen LogP contribution in [0.1, 0.15) is 6.42 Å². The van der Waals surface area contributed by atoms with Gasteiger partial charge in [-0.25, -0.2) is 4.79 Å². The molecule has 2 saturated heterocycles. The second-order valence-electron chi connectivity index (χ2n) is 5.36. The van der Waals surface area contributed by atoms with E-state index in [1.54, 1.807) is 4.90 Å². The van der Waals surface area contributed by atoms with Gasteiger partial charge in [-0.1, -0.05) is 0 Å². The van der Waals surface area contributed by atoms with Crippen LogP contribution in [0.4, 0.5) is 4.79 Å². The number of nitrogens with zero attached hydrogens (tertiary/aromatic N) is 2. The third kappa shape index (κ3) is 5.49.